The molecule has 86 valence electrons. The van der Waals surface area contributed by atoms with E-state index in [2.05, 4.69) is 5.32 Å². The monoisotopic (exact) mass is 225 g/mol. The van der Waals surface area contributed by atoms with Gasteiger partial charge in [-0.3, -0.25) is 0 Å². The SMILES string of the molecule is CN[C@H](C)Cc1ccc2c(F)coc2c1F. The molecule has 0 saturated heterocycles. The minimum absolute atomic E-state index is 0.00157. The molecule has 0 aliphatic rings. The molecule has 0 radical (unpaired) electrons. The zero-order valence-electron chi connectivity index (χ0n) is 9.18. The standard InChI is InChI=1S/C12H13F2NO/c1-7(15-2)5-8-3-4-9-10(13)6-16-12(9)11(8)14/h3-4,6-7,15H,5H2,1-2H3/t7-/m1/s1. The Labute approximate surface area is 92.2 Å². The van der Waals surface area contributed by atoms with Crippen molar-refractivity contribution < 1.29 is 13.2 Å². The molecule has 0 amide bonds. The first-order valence-electron chi connectivity index (χ1n) is 5.14. The van der Waals surface area contributed by atoms with Crippen LogP contribution >= 0.6 is 0 Å². The smallest absolute Gasteiger partial charge is 0.172 e. The minimum Gasteiger partial charge on any atom is -0.458 e. The van der Waals surface area contributed by atoms with E-state index in [-0.39, 0.29) is 17.0 Å². The lowest BCUT2D eigenvalue weighted by Crippen LogP contribution is -2.23. The molecule has 0 aliphatic carbocycles. The zero-order chi connectivity index (χ0) is 11.7. The van der Waals surface area contributed by atoms with Gasteiger partial charge in [-0.1, -0.05) is 6.07 Å². The van der Waals surface area contributed by atoms with Crippen LogP contribution in [-0.2, 0) is 6.42 Å². The Hall–Kier alpha value is -1.42. The molecule has 0 saturated carbocycles. The van der Waals surface area contributed by atoms with E-state index in [0.717, 1.165) is 6.26 Å². The van der Waals surface area contributed by atoms with Gasteiger partial charge in [-0.15, -0.1) is 0 Å². The van der Waals surface area contributed by atoms with Gasteiger partial charge in [0, 0.05) is 6.04 Å². The van der Waals surface area contributed by atoms with Crippen molar-refractivity contribution in [3.05, 3.63) is 35.6 Å². The molecule has 1 aromatic heterocycles. The molecular weight excluding hydrogens is 212 g/mol. The summed E-state index contributed by atoms with van der Waals surface area (Å²) in [5.41, 5.74) is 0.530. The van der Waals surface area contributed by atoms with Crippen molar-refractivity contribution in [2.75, 3.05) is 7.05 Å². The van der Waals surface area contributed by atoms with E-state index in [0.29, 0.717) is 12.0 Å². The van der Waals surface area contributed by atoms with Gasteiger partial charge in [0.05, 0.1) is 5.39 Å². The molecule has 0 fully saturated rings. The molecule has 0 bridgehead atoms. The largest absolute Gasteiger partial charge is 0.458 e. The zero-order valence-corrected chi connectivity index (χ0v) is 9.18. The highest BCUT2D eigenvalue weighted by molar-refractivity contribution is 5.79. The Morgan fingerprint density at radius 2 is 2.12 bits per heavy atom. The summed E-state index contributed by atoms with van der Waals surface area (Å²) in [5.74, 6) is -0.995. The topological polar surface area (TPSA) is 25.2 Å². The number of furan rings is 1. The molecule has 2 aromatic rings. The molecular formula is C12H13F2NO. The Bertz CT molecular complexity index is 507. The maximum absolute atomic E-state index is 13.9. The summed E-state index contributed by atoms with van der Waals surface area (Å²) in [5, 5.41) is 3.22. The summed E-state index contributed by atoms with van der Waals surface area (Å²) < 4.78 is 31.9. The molecule has 0 aliphatic heterocycles. The molecule has 16 heavy (non-hydrogen) atoms. The van der Waals surface area contributed by atoms with E-state index in [1.165, 1.54) is 0 Å². The number of fused-ring (bicyclic) bond motifs is 1. The normalized spacial score (nSPS) is 13.2. The van der Waals surface area contributed by atoms with Gasteiger partial charge >= 0.3 is 0 Å². The van der Waals surface area contributed by atoms with Crippen molar-refractivity contribution >= 4 is 11.0 Å². The van der Waals surface area contributed by atoms with Crippen LogP contribution in [0.15, 0.2) is 22.8 Å². The van der Waals surface area contributed by atoms with Gasteiger partial charge in [0.15, 0.2) is 17.2 Å². The summed E-state index contributed by atoms with van der Waals surface area (Å²) in [6.07, 6.45) is 1.47. The molecule has 0 unspecified atom stereocenters. The van der Waals surface area contributed by atoms with Crippen LogP contribution in [-0.4, -0.2) is 13.1 Å². The maximum atomic E-state index is 13.9. The van der Waals surface area contributed by atoms with E-state index in [4.69, 9.17) is 4.42 Å². The van der Waals surface area contributed by atoms with Crippen LogP contribution in [0.3, 0.4) is 0 Å². The van der Waals surface area contributed by atoms with Crippen LogP contribution in [0.4, 0.5) is 8.78 Å². The van der Waals surface area contributed by atoms with Crippen molar-refractivity contribution in [3.63, 3.8) is 0 Å². The summed E-state index contributed by atoms with van der Waals surface area (Å²) >= 11 is 0. The lowest BCUT2D eigenvalue weighted by molar-refractivity contribution is 0.524. The Balaban J connectivity index is 2.44. The minimum atomic E-state index is -0.526. The van der Waals surface area contributed by atoms with Crippen LogP contribution in [0, 0.1) is 11.6 Å². The number of hydrogen-bond donors (Lipinski definition) is 1. The van der Waals surface area contributed by atoms with Crippen LogP contribution < -0.4 is 5.32 Å². The molecule has 1 heterocycles. The van der Waals surface area contributed by atoms with Gasteiger partial charge in [0.2, 0.25) is 0 Å². The fraction of sp³-hybridized carbons (Fsp3) is 0.333. The van der Waals surface area contributed by atoms with Crippen molar-refractivity contribution in [2.45, 2.75) is 19.4 Å². The van der Waals surface area contributed by atoms with Crippen molar-refractivity contribution in [1.82, 2.24) is 5.32 Å². The first-order valence-corrected chi connectivity index (χ1v) is 5.14. The average Bonchev–Trinajstić information content (AvgIpc) is 2.65. The number of nitrogens with one attached hydrogen (secondary N) is 1. The number of likely N-dealkylation sites (N-methyl/N-ethyl adjacent to an activating group) is 1. The quantitative estimate of drug-likeness (QED) is 0.868. The fourth-order valence-corrected chi connectivity index (χ4v) is 1.66. The highest BCUT2D eigenvalue weighted by Crippen LogP contribution is 2.25. The van der Waals surface area contributed by atoms with E-state index in [1.54, 1.807) is 12.1 Å². The second kappa shape index (κ2) is 4.22. The Morgan fingerprint density at radius 3 is 2.81 bits per heavy atom. The van der Waals surface area contributed by atoms with Crippen molar-refractivity contribution in [2.24, 2.45) is 0 Å². The maximum Gasteiger partial charge on any atom is 0.172 e. The summed E-state index contributed by atoms with van der Waals surface area (Å²) in [6.45, 7) is 1.95. The third kappa shape index (κ3) is 1.80. The lowest BCUT2D eigenvalue weighted by atomic mass is 10.1. The summed E-state index contributed by atoms with van der Waals surface area (Å²) in [4.78, 5) is 0. The Morgan fingerprint density at radius 1 is 1.38 bits per heavy atom. The van der Waals surface area contributed by atoms with Gasteiger partial charge in [0.25, 0.3) is 0 Å². The van der Waals surface area contributed by atoms with E-state index in [1.807, 2.05) is 14.0 Å². The highest BCUT2D eigenvalue weighted by Gasteiger charge is 2.15. The van der Waals surface area contributed by atoms with Gasteiger partial charge in [-0.2, -0.15) is 0 Å². The third-order valence-electron chi connectivity index (χ3n) is 2.73. The predicted molar refractivity (Wildman–Crippen MR) is 58.4 cm³/mol. The number of halogens is 2. The summed E-state index contributed by atoms with van der Waals surface area (Å²) in [7, 11) is 1.81. The number of rotatable bonds is 3. The molecule has 1 atom stereocenters. The second-order valence-corrected chi connectivity index (χ2v) is 3.89. The lowest BCUT2D eigenvalue weighted by Gasteiger charge is -2.10. The molecule has 1 aromatic carbocycles. The number of benzene rings is 1. The molecule has 4 heteroatoms. The average molecular weight is 225 g/mol. The number of hydrogen-bond acceptors (Lipinski definition) is 2. The molecule has 2 rings (SSSR count). The van der Waals surface area contributed by atoms with Crippen LogP contribution in [0.1, 0.15) is 12.5 Å². The van der Waals surface area contributed by atoms with E-state index in [9.17, 15) is 8.78 Å². The molecule has 2 nitrogen and oxygen atoms in total. The van der Waals surface area contributed by atoms with Crippen molar-refractivity contribution in [1.29, 1.82) is 0 Å². The van der Waals surface area contributed by atoms with Crippen LogP contribution in [0.5, 0.6) is 0 Å². The van der Waals surface area contributed by atoms with Gasteiger partial charge < -0.3 is 9.73 Å². The van der Waals surface area contributed by atoms with Crippen LogP contribution in [0.25, 0.3) is 11.0 Å². The summed E-state index contributed by atoms with van der Waals surface area (Å²) in [6, 6.07) is 3.31. The van der Waals surface area contributed by atoms with E-state index >= 15 is 0 Å². The van der Waals surface area contributed by atoms with Gasteiger partial charge in [0.1, 0.15) is 6.26 Å². The van der Waals surface area contributed by atoms with Crippen LogP contribution in [0.2, 0.25) is 0 Å². The third-order valence-corrected chi connectivity index (χ3v) is 2.73. The molecule has 0 spiro atoms. The fourth-order valence-electron chi connectivity index (χ4n) is 1.66. The van der Waals surface area contributed by atoms with Gasteiger partial charge in [-0.05, 0) is 32.0 Å². The first kappa shape index (κ1) is 11.1. The molecule has 1 N–H and O–H groups in total. The predicted octanol–water partition coefficient (Wildman–Crippen LogP) is 2.86. The highest BCUT2D eigenvalue weighted by atomic mass is 19.1. The Kier molecular flexibility index (Phi) is 2.92. The second-order valence-electron chi connectivity index (χ2n) is 3.89. The van der Waals surface area contributed by atoms with E-state index < -0.39 is 11.6 Å². The van der Waals surface area contributed by atoms with Gasteiger partial charge in [-0.25, -0.2) is 8.78 Å². The first-order chi connectivity index (χ1) is 7.63. The van der Waals surface area contributed by atoms with Crippen molar-refractivity contribution in [3.8, 4) is 0 Å².